The van der Waals surface area contributed by atoms with Crippen LogP contribution in [0.2, 0.25) is 0 Å². The van der Waals surface area contributed by atoms with Gasteiger partial charge in [-0.3, -0.25) is 0 Å². The molecule has 0 saturated heterocycles. The first-order chi connectivity index (χ1) is 7.58. The van der Waals surface area contributed by atoms with Crippen LogP contribution in [0.25, 0.3) is 0 Å². The molecule has 5 heteroatoms. The van der Waals surface area contributed by atoms with Crippen LogP contribution in [0.15, 0.2) is 12.1 Å². The van der Waals surface area contributed by atoms with Crippen molar-refractivity contribution in [1.29, 1.82) is 0 Å². The summed E-state index contributed by atoms with van der Waals surface area (Å²) >= 11 is 5.43. The number of ether oxygens (including phenoxy) is 1. The number of methoxy groups -OCH3 is 1. The van der Waals surface area contributed by atoms with E-state index >= 15 is 0 Å². The molecule has 1 aromatic carbocycles. The molecule has 0 radical (unpaired) electrons. The van der Waals surface area contributed by atoms with E-state index in [-0.39, 0.29) is 18.2 Å². The summed E-state index contributed by atoms with van der Waals surface area (Å²) in [4.78, 5) is 0. The van der Waals surface area contributed by atoms with Crippen molar-refractivity contribution < 1.29 is 14.2 Å². The van der Waals surface area contributed by atoms with Gasteiger partial charge < -0.3 is 15.2 Å². The second-order valence-electron chi connectivity index (χ2n) is 3.49. The van der Waals surface area contributed by atoms with E-state index < -0.39 is 6.10 Å². The molecule has 1 rings (SSSR count). The van der Waals surface area contributed by atoms with E-state index in [0.29, 0.717) is 11.4 Å². The van der Waals surface area contributed by atoms with E-state index in [0.717, 1.165) is 5.56 Å². The first-order valence-corrected chi connectivity index (χ1v) is 5.44. The van der Waals surface area contributed by atoms with Gasteiger partial charge in [-0.2, -0.15) is 0 Å². The van der Waals surface area contributed by atoms with Crippen molar-refractivity contribution in [2.45, 2.75) is 13.0 Å². The number of aliphatic hydroxyl groups excluding tert-OH is 1. The molecule has 0 aromatic heterocycles. The predicted octanol–water partition coefficient (Wildman–Crippen LogP) is 2.15. The maximum atomic E-state index is 13.5. The quantitative estimate of drug-likeness (QED) is 0.784. The van der Waals surface area contributed by atoms with Gasteiger partial charge in [-0.15, -0.1) is 11.6 Å². The van der Waals surface area contributed by atoms with E-state index in [9.17, 15) is 9.50 Å². The minimum absolute atomic E-state index is 0.109. The van der Waals surface area contributed by atoms with Gasteiger partial charge in [0.1, 0.15) is 11.6 Å². The standard InChI is InChI=1S/C11H15ClFNO2/c1-7-3-9(13)10(4-11(7)16-2)14-6-8(15)5-12/h3-4,8,14-15H,5-6H2,1-2H3. The Balaban J connectivity index is 2.79. The summed E-state index contributed by atoms with van der Waals surface area (Å²) in [5, 5.41) is 12.0. The minimum atomic E-state index is -0.701. The van der Waals surface area contributed by atoms with Crippen LogP contribution < -0.4 is 10.1 Å². The normalized spacial score (nSPS) is 12.3. The summed E-state index contributed by atoms with van der Waals surface area (Å²) in [5.74, 6) is 0.335. The van der Waals surface area contributed by atoms with Crippen molar-refractivity contribution in [2.24, 2.45) is 0 Å². The third kappa shape index (κ3) is 3.25. The van der Waals surface area contributed by atoms with Crippen molar-refractivity contribution in [2.75, 3.05) is 24.9 Å². The fourth-order valence-corrected chi connectivity index (χ4v) is 1.40. The molecule has 1 atom stereocenters. The van der Waals surface area contributed by atoms with Crippen LogP contribution in [-0.2, 0) is 0 Å². The van der Waals surface area contributed by atoms with Gasteiger partial charge in [0.05, 0.1) is 24.8 Å². The largest absolute Gasteiger partial charge is 0.496 e. The number of anilines is 1. The van der Waals surface area contributed by atoms with Crippen LogP contribution in [0.4, 0.5) is 10.1 Å². The van der Waals surface area contributed by atoms with Crippen molar-refractivity contribution in [3.63, 3.8) is 0 Å². The SMILES string of the molecule is COc1cc(NCC(O)CCl)c(F)cc1C. The van der Waals surface area contributed by atoms with Gasteiger partial charge in [0.15, 0.2) is 0 Å². The summed E-state index contributed by atoms with van der Waals surface area (Å²) in [5.41, 5.74) is 1.02. The molecule has 0 aliphatic carbocycles. The predicted molar refractivity (Wildman–Crippen MR) is 62.9 cm³/mol. The van der Waals surface area contributed by atoms with Gasteiger partial charge >= 0.3 is 0 Å². The number of aliphatic hydroxyl groups is 1. The molecule has 2 N–H and O–H groups in total. The van der Waals surface area contributed by atoms with E-state index in [4.69, 9.17) is 16.3 Å². The second kappa shape index (κ2) is 5.92. The van der Waals surface area contributed by atoms with Crippen LogP contribution in [0, 0.1) is 12.7 Å². The molecule has 90 valence electrons. The Morgan fingerprint density at radius 2 is 2.25 bits per heavy atom. The Morgan fingerprint density at radius 3 is 2.81 bits per heavy atom. The zero-order valence-electron chi connectivity index (χ0n) is 9.26. The minimum Gasteiger partial charge on any atom is -0.496 e. The van der Waals surface area contributed by atoms with Crippen LogP contribution in [0.5, 0.6) is 5.75 Å². The Bertz CT molecular complexity index is 360. The van der Waals surface area contributed by atoms with Gasteiger partial charge in [-0.05, 0) is 18.6 Å². The summed E-state index contributed by atoms with van der Waals surface area (Å²) in [7, 11) is 1.53. The van der Waals surface area contributed by atoms with Crippen LogP contribution in [-0.4, -0.2) is 30.7 Å². The number of aryl methyl sites for hydroxylation is 1. The fraction of sp³-hybridized carbons (Fsp3) is 0.455. The van der Waals surface area contributed by atoms with Crippen LogP contribution in [0.1, 0.15) is 5.56 Å². The Labute approximate surface area is 99.2 Å². The Kier molecular flexibility index (Phi) is 4.83. The average molecular weight is 248 g/mol. The van der Waals surface area contributed by atoms with E-state index in [1.165, 1.54) is 13.2 Å². The summed E-state index contributed by atoms with van der Waals surface area (Å²) in [6.45, 7) is 1.96. The summed E-state index contributed by atoms with van der Waals surface area (Å²) in [6, 6.07) is 2.94. The Hall–Kier alpha value is -1.00. The third-order valence-electron chi connectivity index (χ3n) is 2.19. The number of benzene rings is 1. The molecule has 1 aromatic rings. The number of nitrogens with one attached hydrogen (secondary N) is 1. The molecule has 0 saturated carbocycles. The van der Waals surface area contributed by atoms with Crippen LogP contribution >= 0.6 is 11.6 Å². The van der Waals surface area contributed by atoms with E-state index in [1.807, 2.05) is 0 Å². The van der Waals surface area contributed by atoms with Gasteiger partial charge in [-0.1, -0.05) is 0 Å². The number of hydrogen-bond donors (Lipinski definition) is 2. The average Bonchev–Trinajstić information content (AvgIpc) is 2.27. The number of rotatable bonds is 5. The maximum Gasteiger partial charge on any atom is 0.146 e. The zero-order chi connectivity index (χ0) is 12.1. The van der Waals surface area contributed by atoms with Crippen LogP contribution in [0.3, 0.4) is 0 Å². The molecule has 16 heavy (non-hydrogen) atoms. The highest BCUT2D eigenvalue weighted by Gasteiger charge is 2.09. The molecule has 0 spiro atoms. The molecule has 0 bridgehead atoms. The maximum absolute atomic E-state index is 13.5. The van der Waals surface area contributed by atoms with Gasteiger partial charge in [0, 0.05) is 12.6 Å². The smallest absolute Gasteiger partial charge is 0.146 e. The lowest BCUT2D eigenvalue weighted by molar-refractivity contribution is 0.211. The number of hydrogen-bond acceptors (Lipinski definition) is 3. The third-order valence-corrected chi connectivity index (χ3v) is 2.55. The lowest BCUT2D eigenvalue weighted by Gasteiger charge is -2.13. The van der Waals surface area contributed by atoms with E-state index in [2.05, 4.69) is 5.32 Å². The molecular formula is C11H15ClFNO2. The van der Waals surface area contributed by atoms with Crippen molar-refractivity contribution in [3.8, 4) is 5.75 Å². The van der Waals surface area contributed by atoms with Crippen molar-refractivity contribution >= 4 is 17.3 Å². The van der Waals surface area contributed by atoms with Crippen molar-refractivity contribution in [1.82, 2.24) is 0 Å². The monoisotopic (exact) mass is 247 g/mol. The first-order valence-electron chi connectivity index (χ1n) is 4.90. The highest BCUT2D eigenvalue weighted by Crippen LogP contribution is 2.25. The molecule has 1 unspecified atom stereocenters. The fourth-order valence-electron chi connectivity index (χ4n) is 1.29. The summed E-state index contributed by atoms with van der Waals surface area (Å²) < 4.78 is 18.6. The molecule has 0 aliphatic heterocycles. The van der Waals surface area contributed by atoms with Gasteiger partial charge in [0.25, 0.3) is 0 Å². The van der Waals surface area contributed by atoms with E-state index in [1.54, 1.807) is 13.0 Å². The molecule has 0 amide bonds. The number of halogens is 2. The highest BCUT2D eigenvalue weighted by atomic mass is 35.5. The second-order valence-corrected chi connectivity index (χ2v) is 3.80. The summed E-state index contributed by atoms with van der Waals surface area (Å²) in [6.07, 6.45) is -0.701. The molecule has 0 fully saturated rings. The topological polar surface area (TPSA) is 41.5 Å². The molecular weight excluding hydrogens is 233 g/mol. The lowest BCUT2D eigenvalue weighted by Crippen LogP contribution is -2.21. The lowest BCUT2D eigenvalue weighted by atomic mass is 10.2. The number of alkyl halides is 1. The Morgan fingerprint density at radius 1 is 1.56 bits per heavy atom. The molecule has 3 nitrogen and oxygen atoms in total. The van der Waals surface area contributed by atoms with Crippen molar-refractivity contribution in [3.05, 3.63) is 23.5 Å². The highest BCUT2D eigenvalue weighted by molar-refractivity contribution is 6.18. The van der Waals surface area contributed by atoms with Gasteiger partial charge in [0.2, 0.25) is 0 Å². The first kappa shape index (κ1) is 13.1. The van der Waals surface area contributed by atoms with Gasteiger partial charge in [-0.25, -0.2) is 4.39 Å². The molecule has 0 aliphatic rings. The zero-order valence-corrected chi connectivity index (χ0v) is 10.0. The molecule has 0 heterocycles.